The molecule has 0 N–H and O–H groups in total. The maximum atomic E-state index is 3.68. The quantitative estimate of drug-likeness (QED) is 0.203. The van der Waals surface area contributed by atoms with E-state index in [4.69, 9.17) is 0 Å². The van der Waals surface area contributed by atoms with Crippen LogP contribution in [-0.4, -0.2) is 34.4 Å². The van der Waals surface area contributed by atoms with Gasteiger partial charge in [0.25, 0.3) is 0 Å². The molecule has 0 spiro atoms. The van der Waals surface area contributed by atoms with Crippen molar-refractivity contribution in [3.8, 4) is 0 Å². The predicted octanol–water partition coefficient (Wildman–Crippen LogP) is 7.33. The molecular formula is C42H66Cl2S2Si2Ti2. The molecule has 276 valence electrons. The Morgan fingerprint density at radius 2 is 0.840 bits per heavy atom. The van der Waals surface area contributed by atoms with E-state index in [0.717, 1.165) is 25.7 Å². The summed E-state index contributed by atoms with van der Waals surface area (Å²) in [6.07, 6.45) is 35.1. The molecule has 4 aliphatic rings. The molecule has 0 saturated carbocycles. The fourth-order valence-corrected chi connectivity index (χ4v) is 22.3. The van der Waals surface area contributed by atoms with E-state index in [1.54, 1.807) is 11.1 Å². The van der Waals surface area contributed by atoms with Crippen LogP contribution < -0.4 is 24.8 Å². The van der Waals surface area contributed by atoms with Gasteiger partial charge in [0.1, 0.15) is 0 Å². The summed E-state index contributed by atoms with van der Waals surface area (Å²) in [7, 11) is -3.48. The first-order valence-corrected chi connectivity index (χ1v) is 25.2. The molecule has 0 aromatic heterocycles. The minimum absolute atomic E-state index is 0. The third-order valence-electron chi connectivity index (χ3n) is 9.81. The second-order valence-corrected chi connectivity index (χ2v) is 32.9. The number of halogens is 2. The van der Waals surface area contributed by atoms with E-state index >= 15 is 0 Å². The molecule has 0 amide bonds. The zero-order chi connectivity index (χ0) is 35.0. The van der Waals surface area contributed by atoms with Crippen LogP contribution in [-0.2, 0) is 43.4 Å². The molecule has 0 fully saturated rings. The van der Waals surface area contributed by atoms with Crippen LogP contribution in [0.25, 0.3) is 0 Å². The van der Waals surface area contributed by atoms with Gasteiger partial charge in [-0.1, -0.05) is 157 Å². The fraction of sp³-hybridized carbons (Fsp3) is 0.619. The van der Waals surface area contributed by atoms with Crippen molar-refractivity contribution in [2.75, 3.05) is 0 Å². The van der Waals surface area contributed by atoms with Gasteiger partial charge in [-0.15, -0.1) is 36.4 Å². The SMILES string of the molecule is CC(C)(C)SC1([Si](C)(C)C2=[C-]CC=C2)CC=CC=C1C(C)(C)C.CC(C)(C)SC1([Si](C)(C)C2=[C-]CC=C2)CC=CC=C1C(C)(C)C.[Cl-].[Cl-].[Ti+2].[Ti+2]. The number of thioether (sulfide) groups is 2. The maximum absolute atomic E-state index is 3.68. The Morgan fingerprint density at radius 3 is 1.06 bits per heavy atom. The monoisotopic (exact) mass is 856 g/mol. The maximum Gasteiger partial charge on any atom is 2.00 e. The van der Waals surface area contributed by atoms with Gasteiger partial charge in [0.2, 0.25) is 0 Å². The van der Waals surface area contributed by atoms with E-state index in [-0.39, 0.29) is 97.3 Å². The van der Waals surface area contributed by atoms with Gasteiger partial charge < -0.3 is 24.8 Å². The number of hydrogen-bond acceptors (Lipinski definition) is 2. The van der Waals surface area contributed by atoms with Crippen molar-refractivity contribution in [1.82, 2.24) is 0 Å². The van der Waals surface area contributed by atoms with Gasteiger partial charge >= 0.3 is 43.4 Å². The molecular weight excluding hydrogens is 791 g/mol. The van der Waals surface area contributed by atoms with Crippen molar-refractivity contribution in [2.45, 2.75) is 153 Å². The van der Waals surface area contributed by atoms with Crippen LogP contribution in [0.1, 0.15) is 109 Å². The fourth-order valence-electron chi connectivity index (χ4n) is 7.78. The van der Waals surface area contributed by atoms with E-state index in [0.29, 0.717) is 0 Å². The molecule has 0 aromatic carbocycles. The largest absolute Gasteiger partial charge is 2.00 e. The summed E-state index contributed by atoms with van der Waals surface area (Å²) in [5.74, 6) is 0. The molecule has 2 atom stereocenters. The van der Waals surface area contributed by atoms with Crippen molar-refractivity contribution in [2.24, 2.45) is 10.8 Å². The Morgan fingerprint density at radius 1 is 0.540 bits per heavy atom. The first-order chi connectivity index (χ1) is 20.8. The third kappa shape index (κ3) is 12.0. The smallest absolute Gasteiger partial charge is 1.00 e. The van der Waals surface area contributed by atoms with Crippen LogP contribution in [0.15, 0.2) is 82.3 Å². The van der Waals surface area contributed by atoms with Crippen LogP contribution in [0, 0.1) is 23.0 Å². The van der Waals surface area contributed by atoms with Crippen molar-refractivity contribution in [3.63, 3.8) is 0 Å². The summed E-state index contributed by atoms with van der Waals surface area (Å²) >= 11 is 4.40. The Balaban J connectivity index is 0. The van der Waals surface area contributed by atoms with Crippen LogP contribution in [0.3, 0.4) is 0 Å². The van der Waals surface area contributed by atoms with E-state index < -0.39 is 16.1 Å². The molecule has 0 saturated heterocycles. The predicted molar refractivity (Wildman–Crippen MR) is 219 cm³/mol. The number of allylic oxidation sites excluding steroid dienone is 14. The van der Waals surface area contributed by atoms with Crippen molar-refractivity contribution >= 4 is 39.7 Å². The average molecular weight is 858 g/mol. The molecule has 0 nitrogen and oxygen atoms in total. The summed E-state index contributed by atoms with van der Waals surface area (Å²) in [4.78, 5) is 0. The van der Waals surface area contributed by atoms with Gasteiger partial charge in [-0.25, -0.2) is 22.5 Å². The first kappa shape index (κ1) is 53.2. The standard InChI is InChI=1S/2C21H33SSi.2ClH.2Ti/c2*1-19(2,3)18-15-11-12-16-21(18,22-20(4,5)6)23(7,8)17-13-9-10-14-17;;;;/h2*9,11-13,15H,10,16H2,1-8H3;2*1H;;/q2*-1;;;2*+2/p-2. The molecule has 4 aliphatic carbocycles. The number of rotatable bonds is 6. The molecule has 0 aromatic rings. The van der Waals surface area contributed by atoms with E-state index in [1.807, 2.05) is 0 Å². The van der Waals surface area contributed by atoms with Gasteiger partial charge in [0.15, 0.2) is 0 Å². The molecule has 4 rings (SSSR count). The Hall–Kier alpha value is 1.06. The summed E-state index contributed by atoms with van der Waals surface area (Å²) in [6.45, 7) is 38.7. The van der Waals surface area contributed by atoms with Crippen molar-refractivity contribution < 1.29 is 68.2 Å². The van der Waals surface area contributed by atoms with Gasteiger partial charge in [-0.05, 0) is 23.7 Å². The van der Waals surface area contributed by atoms with Gasteiger partial charge in [-0.2, -0.15) is 12.2 Å². The zero-order valence-corrected chi connectivity index (χ0v) is 42.4. The molecule has 8 heteroatoms. The summed E-state index contributed by atoms with van der Waals surface area (Å²) in [5.41, 5.74) is 3.63. The third-order valence-corrected chi connectivity index (χ3v) is 24.5. The molecule has 0 bridgehead atoms. The summed E-state index contributed by atoms with van der Waals surface area (Å²) in [5, 5.41) is 3.03. The van der Waals surface area contributed by atoms with Crippen LogP contribution in [0.4, 0.5) is 0 Å². The second-order valence-electron chi connectivity index (χ2n) is 18.7. The van der Waals surface area contributed by atoms with Gasteiger partial charge in [0.05, 0.1) is 16.1 Å². The normalized spacial score (nSPS) is 23.5. The van der Waals surface area contributed by atoms with Gasteiger partial charge in [-0.3, -0.25) is 12.2 Å². The Kier molecular flexibility index (Phi) is 20.5. The zero-order valence-electron chi connectivity index (χ0n) is 34.2. The molecule has 50 heavy (non-hydrogen) atoms. The average Bonchev–Trinajstić information content (AvgIpc) is 3.62. The molecule has 0 radical (unpaired) electrons. The molecule has 0 heterocycles. The first-order valence-electron chi connectivity index (χ1n) is 17.5. The molecule has 2 unspecified atom stereocenters. The van der Waals surface area contributed by atoms with Crippen LogP contribution >= 0.6 is 23.5 Å². The minimum Gasteiger partial charge on any atom is -1.00 e. The van der Waals surface area contributed by atoms with Crippen molar-refractivity contribution in [3.05, 3.63) is 94.5 Å². The van der Waals surface area contributed by atoms with Crippen LogP contribution in [0.2, 0.25) is 26.2 Å². The van der Waals surface area contributed by atoms with Crippen molar-refractivity contribution in [1.29, 1.82) is 0 Å². The topological polar surface area (TPSA) is 0 Å². The second kappa shape index (κ2) is 19.3. The minimum atomic E-state index is -1.74. The van der Waals surface area contributed by atoms with E-state index in [2.05, 4.69) is 206 Å². The summed E-state index contributed by atoms with van der Waals surface area (Å²) in [6, 6.07) is 0. The van der Waals surface area contributed by atoms with E-state index in [1.165, 1.54) is 10.4 Å². The van der Waals surface area contributed by atoms with Crippen LogP contribution in [0.5, 0.6) is 0 Å². The molecule has 0 aliphatic heterocycles. The van der Waals surface area contributed by atoms with Gasteiger partial charge in [0, 0.05) is 18.2 Å². The number of hydrogen-bond donors (Lipinski definition) is 0. The van der Waals surface area contributed by atoms with E-state index in [9.17, 15) is 0 Å². The Bertz CT molecular complexity index is 1280. The summed E-state index contributed by atoms with van der Waals surface area (Å²) < 4.78 is 0.885. The Labute approximate surface area is 362 Å².